The Morgan fingerprint density at radius 3 is 2.36 bits per heavy atom. The minimum Gasteiger partial charge on any atom is -0.493 e. The number of benzene rings is 2. The smallest absolute Gasteiger partial charge is 0.266 e. The summed E-state index contributed by atoms with van der Waals surface area (Å²) >= 11 is 0. The molecule has 1 amide bonds. The number of carbonyl (C=O) groups is 1. The van der Waals surface area contributed by atoms with Crippen LogP contribution in [0.1, 0.15) is 48.9 Å². The summed E-state index contributed by atoms with van der Waals surface area (Å²) in [6.45, 7) is 10.5. The van der Waals surface area contributed by atoms with Crippen LogP contribution in [0.25, 0.3) is 0 Å². The van der Waals surface area contributed by atoms with Gasteiger partial charge in [-0.1, -0.05) is 26.0 Å². The van der Waals surface area contributed by atoms with Crippen molar-refractivity contribution in [2.24, 2.45) is 0 Å². The minimum absolute atomic E-state index is 0.238. The van der Waals surface area contributed by atoms with Crippen LogP contribution in [0.5, 0.6) is 17.2 Å². The Morgan fingerprint density at radius 1 is 1.00 bits per heavy atom. The molecule has 1 atom stereocenters. The first kappa shape index (κ1) is 24.2. The zero-order valence-electron chi connectivity index (χ0n) is 20.4. The maximum Gasteiger partial charge on any atom is 0.266 e. The van der Waals surface area contributed by atoms with Crippen molar-refractivity contribution in [1.29, 1.82) is 0 Å². The van der Waals surface area contributed by atoms with Crippen LogP contribution >= 0.6 is 0 Å². The summed E-state index contributed by atoms with van der Waals surface area (Å²) < 4.78 is 18.4. The summed E-state index contributed by atoms with van der Waals surface area (Å²) in [5.74, 6) is 2.82. The summed E-state index contributed by atoms with van der Waals surface area (Å²) in [5.41, 5.74) is 4.26. The highest BCUT2D eigenvalue weighted by Gasteiger charge is 2.19. The molecular formula is C26H33N3O4. The first-order chi connectivity index (χ1) is 15.7. The third-order valence-corrected chi connectivity index (χ3v) is 5.59. The van der Waals surface area contributed by atoms with Crippen molar-refractivity contribution in [3.8, 4) is 17.2 Å². The summed E-state index contributed by atoms with van der Waals surface area (Å²) in [5, 5.41) is 7.41. The van der Waals surface area contributed by atoms with Crippen molar-refractivity contribution in [1.82, 2.24) is 9.78 Å². The van der Waals surface area contributed by atoms with Crippen molar-refractivity contribution in [2.75, 3.05) is 19.5 Å². The number of rotatable bonds is 9. The lowest BCUT2D eigenvalue weighted by Crippen LogP contribution is -2.31. The second kappa shape index (κ2) is 10.4. The molecule has 3 rings (SSSR count). The van der Waals surface area contributed by atoms with Crippen LogP contribution in [0.3, 0.4) is 0 Å². The molecule has 0 bridgehead atoms. The first-order valence-corrected chi connectivity index (χ1v) is 11.0. The van der Waals surface area contributed by atoms with Gasteiger partial charge in [0.15, 0.2) is 17.6 Å². The Morgan fingerprint density at radius 2 is 1.73 bits per heavy atom. The van der Waals surface area contributed by atoms with Crippen molar-refractivity contribution in [3.63, 3.8) is 0 Å². The molecule has 0 fully saturated rings. The number of aryl methyl sites for hydroxylation is 2. The molecule has 0 saturated heterocycles. The average Bonchev–Trinajstić information content (AvgIpc) is 3.12. The van der Waals surface area contributed by atoms with E-state index in [-0.39, 0.29) is 5.91 Å². The average molecular weight is 452 g/mol. The predicted molar refractivity (Wildman–Crippen MR) is 130 cm³/mol. The van der Waals surface area contributed by atoms with Crippen LogP contribution in [-0.2, 0) is 11.3 Å². The van der Waals surface area contributed by atoms with E-state index in [9.17, 15) is 4.79 Å². The van der Waals surface area contributed by atoms with Gasteiger partial charge in [-0.3, -0.25) is 4.79 Å². The van der Waals surface area contributed by atoms with Gasteiger partial charge in [0.05, 0.1) is 27.0 Å². The Balaban J connectivity index is 1.72. The molecule has 0 spiro atoms. The molecular weight excluding hydrogens is 418 g/mol. The SMILES string of the molecule is COc1ccc(Cn2ncc(C)c2NC(=O)C(C)Oc2ccc(C(C)C)c(C)c2)cc1OC. The second-order valence-corrected chi connectivity index (χ2v) is 8.45. The van der Waals surface area contributed by atoms with E-state index in [0.29, 0.717) is 35.5 Å². The molecule has 176 valence electrons. The van der Waals surface area contributed by atoms with Crippen LogP contribution in [0.15, 0.2) is 42.6 Å². The number of nitrogens with zero attached hydrogens (tertiary/aromatic N) is 2. The predicted octanol–water partition coefficient (Wildman–Crippen LogP) is 5.09. The number of hydrogen-bond acceptors (Lipinski definition) is 5. The van der Waals surface area contributed by atoms with Gasteiger partial charge in [-0.25, -0.2) is 4.68 Å². The Kier molecular flexibility index (Phi) is 7.63. The minimum atomic E-state index is -0.668. The van der Waals surface area contributed by atoms with E-state index >= 15 is 0 Å². The molecule has 0 aliphatic heterocycles. The Labute approximate surface area is 195 Å². The summed E-state index contributed by atoms with van der Waals surface area (Å²) in [6, 6.07) is 11.6. The third-order valence-electron chi connectivity index (χ3n) is 5.59. The molecule has 7 heteroatoms. The number of nitrogens with one attached hydrogen (secondary N) is 1. The number of anilines is 1. The lowest BCUT2D eigenvalue weighted by atomic mass is 9.98. The molecule has 2 aromatic carbocycles. The molecule has 1 N–H and O–H groups in total. The van der Waals surface area contributed by atoms with Crippen LogP contribution in [0.4, 0.5) is 5.82 Å². The molecule has 1 unspecified atom stereocenters. The number of amides is 1. The fourth-order valence-electron chi connectivity index (χ4n) is 3.76. The van der Waals surface area contributed by atoms with E-state index in [4.69, 9.17) is 14.2 Å². The van der Waals surface area contributed by atoms with Crippen molar-refractivity contribution in [3.05, 3.63) is 64.8 Å². The summed E-state index contributed by atoms with van der Waals surface area (Å²) in [4.78, 5) is 12.9. The second-order valence-electron chi connectivity index (χ2n) is 8.45. The number of aromatic nitrogens is 2. The van der Waals surface area contributed by atoms with Crippen molar-refractivity contribution >= 4 is 11.7 Å². The molecule has 0 saturated carbocycles. The fourth-order valence-corrected chi connectivity index (χ4v) is 3.76. The van der Waals surface area contributed by atoms with Gasteiger partial charge < -0.3 is 19.5 Å². The number of ether oxygens (including phenoxy) is 3. The van der Waals surface area contributed by atoms with Crippen molar-refractivity contribution < 1.29 is 19.0 Å². The lowest BCUT2D eigenvalue weighted by molar-refractivity contribution is -0.122. The lowest BCUT2D eigenvalue weighted by Gasteiger charge is -2.18. The van der Waals surface area contributed by atoms with Gasteiger partial charge in [0.1, 0.15) is 11.6 Å². The van der Waals surface area contributed by atoms with Crippen molar-refractivity contribution in [2.45, 2.75) is 53.2 Å². The number of methoxy groups -OCH3 is 2. The van der Waals surface area contributed by atoms with Gasteiger partial charge in [0, 0.05) is 5.56 Å². The number of carbonyl (C=O) groups excluding carboxylic acids is 1. The van der Waals surface area contributed by atoms with Gasteiger partial charge in [-0.2, -0.15) is 5.10 Å². The van der Waals surface area contributed by atoms with Gasteiger partial charge in [0.25, 0.3) is 5.91 Å². The Bertz CT molecular complexity index is 1120. The van der Waals surface area contributed by atoms with Gasteiger partial charge in [-0.05, 0) is 67.6 Å². The number of hydrogen-bond donors (Lipinski definition) is 1. The maximum atomic E-state index is 12.9. The molecule has 0 aliphatic rings. The van der Waals surface area contributed by atoms with E-state index < -0.39 is 6.10 Å². The highest BCUT2D eigenvalue weighted by atomic mass is 16.5. The van der Waals surface area contributed by atoms with Gasteiger partial charge in [0.2, 0.25) is 0 Å². The van der Waals surface area contributed by atoms with E-state index in [1.165, 1.54) is 5.56 Å². The molecule has 1 heterocycles. The van der Waals surface area contributed by atoms with Crippen LogP contribution in [-0.4, -0.2) is 36.0 Å². The largest absolute Gasteiger partial charge is 0.493 e. The molecule has 33 heavy (non-hydrogen) atoms. The molecule has 1 aromatic heterocycles. The van der Waals surface area contributed by atoms with Gasteiger partial charge >= 0.3 is 0 Å². The zero-order chi connectivity index (χ0) is 24.1. The molecule has 3 aromatic rings. The van der Waals surface area contributed by atoms with Crippen LogP contribution < -0.4 is 19.5 Å². The standard InChI is InChI=1S/C26H33N3O4/c1-16(2)22-10-9-21(12-17(22)3)33-19(5)26(30)28-25-18(4)14-27-29(25)15-20-8-11-23(31-6)24(13-20)32-7/h8-14,16,19H,15H2,1-7H3,(H,28,30). The summed E-state index contributed by atoms with van der Waals surface area (Å²) in [6.07, 6.45) is 1.06. The third kappa shape index (κ3) is 5.66. The monoisotopic (exact) mass is 451 g/mol. The topological polar surface area (TPSA) is 74.6 Å². The maximum absolute atomic E-state index is 12.9. The Hall–Kier alpha value is -3.48. The van der Waals surface area contributed by atoms with Crippen LogP contribution in [0, 0.1) is 13.8 Å². The summed E-state index contributed by atoms with van der Waals surface area (Å²) in [7, 11) is 3.20. The van der Waals surface area contributed by atoms with Crippen LogP contribution in [0.2, 0.25) is 0 Å². The highest BCUT2D eigenvalue weighted by molar-refractivity contribution is 5.94. The molecule has 0 aliphatic carbocycles. The molecule has 0 radical (unpaired) electrons. The zero-order valence-corrected chi connectivity index (χ0v) is 20.4. The van der Waals surface area contributed by atoms with Gasteiger partial charge in [-0.15, -0.1) is 0 Å². The van der Waals surface area contributed by atoms with E-state index in [0.717, 1.165) is 16.7 Å². The molecule has 7 nitrogen and oxygen atoms in total. The fraction of sp³-hybridized carbons (Fsp3) is 0.385. The quantitative estimate of drug-likeness (QED) is 0.490. The van der Waals surface area contributed by atoms with E-state index in [2.05, 4.69) is 37.3 Å². The normalized spacial score (nSPS) is 11.9. The van der Waals surface area contributed by atoms with E-state index in [1.807, 2.05) is 37.3 Å². The van der Waals surface area contributed by atoms with E-state index in [1.54, 1.807) is 32.0 Å². The highest BCUT2D eigenvalue weighted by Crippen LogP contribution is 2.29. The first-order valence-electron chi connectivity index (χ1n) is 11.0.